The molecular weight excluding hydrogens is 240 g/mol. The molecule has 0 aliphatic rings. The van der Waals surface area contributed by atoms with Crippen LogP contribution in [0.1, 0.15) is 10.6 Å². The fourth-order valence-electron chi connectivity index (χ4n) is 1.24. The van der Waals surface area contributed by atoms with Crippen LogP contribution in [-0.2, 0) is 16.1 Å². The highest BCUT2D eigenvalue weighted by Gasteiger charge is 2.11. The summed E-state index contributed by atoms with van der Waals surface area (Å²) in [4.78, 5) is 22.6. The number of rotatable bonds is 4. The molecule has 0 radical (unpaired) electrons. The zero-order chi connectivity index (χ0) is 13.0. The number of anilines is 1. The van der Waals surface area contributed by atoms with E-state index in [2.05, 4.69) is 20.3 Å². The van der Waals surface area contributed by atoms with Gasteiger partial charge in [0.1, 0.15) is 6.54 Å². The summed E-state index contributed by atoms with van der Waals surface area (Å²) in [7, 11) is 1.29. The second-order valence-corrected chi connectivity index (χ2v) is 3.33. The average molecular weight is 250 g/mol. The van der Waals surface area contributed by atoms with E-state index in [1.165, 1.54) is 36.4 Å². The quantitative estimate of drug-likeness (QED) is 0.783. The number of hydrogen-bond donors (Lipinski definition) is 1. The summed E-state index contributed by atoms with van der Waals surface area (Å²) < 4.78 is 10.5. The zero-order valence-electron chi connectivity index (χ0n) is 9.49. The molecule has 8 heteroatoms. The predicted molar refractivity (Wildman–Crippen MR) is 58.7 cm³/mol. The van der Waals surface area contributed by atoms with Gasteiger partial charge in [-0.1, -0.05) is 5.16 Å². The molecule has 0 spiro atoms. The van der Waals surface area contributed by atoms with Gasteiger partial charge in [-0.05, 0) is 0 Å². The van der Waals surface area contributed by atoms with E-state index in [-0.39, 0.29) is 12.3 Å². The molecule has 2 heterocycles. The van der Waals surface area contributed by atoms with Crippen LogP contribution < -0.4 is 5.32 Å². The van der Waals surface area contributed by atoms with Gasteiger partial charge in [0, 0.05) is 12.3 Å². The number of carbonyl (C=O) groups excluding carboxylic acids is 2. The highest BCUT2D eigenvalue weighted by Crippen LogP contribution is 2.07. The first-order valence-electron chi connectivity index (χ1n) is 5.00. The van der Waals surface area contributed by atoms with Crippen molar-refractivity contribution in [1.82, 2.24) is 14.9 Å². The van der Waals surface area contributed by atoms with Crippen molar-refractivity contribution in [3.63, 3.8) is 0 Å². The molecule has 18 heavy (non-hydrogen) atoms. The number of nitrogens with one attached hydrogen (secondary N) is 1. The first-order chi connectivity index (χ1) is 8.69. The monoisotopic (exact) mass is 250 g/mol. The molecule has 0 atom stereocenters. The van der Waals surface area contributed by atoms with Crippen LogP contribution in [0.5, 0.6) is 0 Å². The lowest BCUT2D eigenvalue weighted by Gasteiger charge is -1.99. The molecule has 94 valence electrons. The number of hydrogen-bond acceptors (Lipinski definition) is 6. The third kappa shape index (κ3) is 2.73. The normalized spacial score (nSPS) is 10.1. The van der Waals surface area contributed by atoms with E-state index in [9.17, 15) is 9.59 Å². The maximum Gasteiger partial charge on any atom is 0.327 e. The van der Waals surface area contributed by atoms with Gasteiger partial charge < -0.3 is 14.6 Å². The van der Waals surface area contributed by atoms with Crippen molar-refractivity contribution in [2.75, 3.05) is 12.4 Å². The minimum Gasteiger partial charge on any atom is -0.468 e. The highest BCUT2D eigenvalue weighted by atomic mass is 16.5. The number of methoxy groups -OCH3 is 1. The molecule has 0 saturated carbocycles. The molecule has 8 nitrogen and oxygen atoms in total. The fourth-order valence-corrected chi connectivity index (χ4v) is 1.24. The zero-order valence-corrected chi connectivity index (χ0v) is 9.49. The Kier molecular flexibility index (Phi) is 3.37. The van der Waals surface area contributed by atoms with E-state index in [0.29, 0.717) is 5.69 Å². The fraction of sp³-hybridized carbons (Fsp3) is 0.200. The van der Waals surface area contributed by atoms with Crippen LogP contribution in [0.3, 0.4) is 0 Å². The topological polar surface area (TPSA) is 99.2 Å². The van der Waals surface area contributed by atoms with E-state index in [1.54, 1.807) is 0 Å². The number of esters is 1. The Labute approximate surface area is 102 Å². The predicted octanol–water partition coefficient (Wildman–Crippen LogP) is 0.296. The maximum atomic E-state index is 11.6. The minimum absolute atomic E-state index is 0.0192. The Morgan fingerprint density at radius 1 is 1.56 bits per heavy atom. The molecule has 2 rings (SSSR count). The molecule has 2 aromatic heterocycles. The number of nitrogens with zero attached hydrogens (tertiary/aromatic N) is 3. The number of carbonyl (C=O) groups is 2. The maximum absolute atomic E-state index is 11.6. The van der Waals surface area contributed by atoms with Crippen molar-refractivity contribution in [3.8, 4) is 0 Å². The van der Waals surface area contributed by atoms with Crippen molar-refractivity contribution < 1.29 is 18.8 Å². The van der Waals surface area contributed by atoms with E-state index < -0.39 is 11.9 Å². The Bertz CT molecular complexity index is 546. The summed E-state index contributed by atoms with van der Waals surface area (Å²) in [6, 6.07) is 1.44. The van der Waals surface area contributed by atoms with Crippen molar-refractivity contribution in [3.05, 3.63) is 30.4 Å². The Hall–Kier alpha value is -2.64. The summed E-state index contributed by atoms with van der Waals surface area (Å²) in [5, 5.41) is 9.86. The van der Waals surface area contributed by atoms with Crippen LogP contribution in [0.15, 0.2) is 29.2 Å². The van der Waals surface area contributed by atoms with Crippen molar-refractivity contribution >= 4 is 17.6 Å². The molecule has 0 aliphatic heterocycles. The van der Waals surface area contributed by atoms with Gasteiger partial charge in [-0.2, -0.15) is 5.10 Å². The van der Waals surface area contributed by atoms with E-state index in [0.717, 1.165) is 0 Å². The summed E-state index contributed by atoms with van der Waals surface area (Å²) in [6.45, 7) is -0.0192. The largest absolute Gasteiger partial charge is 0.468 e. The van der Waals surface area contributed by atoms with Crippen molar-refractivity contribution in [2.24, 2.45) is 0 Å². The number of ether oxygens (including phenoxy) is 1. The smallest absolute Gasteiger partial charge is 0.327 e. The second-order valence-electron chi connectivity index (χ2n) is 3.33. The van der Waals surface area contributed by atoms with Crippen LogP contribution in [0, 0.1) is 0 Å². The third-order valence-corrected chi connectivity index (χ3v) is 2.07. The molecule has 0 fully saturated rings. The third-order valence-electron chi connectivity index (χ3n) is 2.07. The van der Waals surface area contributed by atoms with Crippen LogP contribution in [0.2, 0.25) is 0 Å². The van der Waals surface area contributed by atoms with Gasteiger partial charge in [0.2, 0.25) is 5.76 Å². The van der Waals surface area contributed by atoms with Gasteiger partial charge >= 0.3 is 5.97 Å². The Morgan fingerprint density at radius 2 is 2.39 bits per heavy atom. The minimum atomic E-state index is -0.440. The summed E-state index contributed by atoms with van der Waals surface area (Å²) in [6.07, 6.45) is 4.29. The molecule has 0 unspecified atom stereocenters. The molecule has 0 aromatic carbocycles. The lowest BCUT2D eigenvalue weighted by atomic mass is 10.4. The summed E-state index contributed by atoms with van der Waals surface area (Å²) >= 11 is 0. The average Bonchev–Trinajstić information content (AvgIpc) is 3.00. The lowest BCUT2D eigenvalue weighted by Crippen LogP contribution is -2.12. The molecule has 1 amide bonds. The Morgan fingerprint density at radius 3 is 3.06 bits per heavy atom. The van der Waals surface area contributed by atoms with Gasteiger partial charge in [-0.25, -0.2) is 0 Å². The van der Waals surface area contributed by atoms with Crippen molar-refractivity contribution in [1.29, 1.82) is 0 Å². The Balaban J connectivity index is 1.98. The van der Waals surface area contributed by atoms with E-state index in [4.69, 9.17) is 4.52 Å². The summed E-state index contributed by atoms with van der Waals surface area (Å²) in [5.41, 5.74) is 0.445. The molecule has 0 aliphatic carbocycles. The van der Waals surface area contributed by atoms with Gasteiger partial charge in [0.25, 0.3) is 5.91 Å². The lowest BCUT2D eigenvalue weighted by molar-refractivity contribution is -0.141. The molecule has 1 N–H and O–H groups in total. The van der Waals surface area contributed by atoms with Crippen LogP contribution in [-0.4, -0.2) is 33.9 Å². The van der Waals surface area contributed by atoms with Gasteiger partial charge in [0.15, 0.2) is 0 Å². The van der Waals surface area contributed by atoms with E-state index >= 15 is 0 Å². The first-order valence-corrected chi connectivity index (χ1v) is 5.00. The van der Waals surface area contributed by atoms with E-state index in [1.807, 2.05) is 0 Å². The molecule has 2 aromatic rings. The highest BCUT2D eigenvalue weighted by molar-refractivity contribution is 6.01. The number of aromatic nitrogens is 3. The van der Waals surface area contributed by atoms with Crippen LogP contribution >= 0.6 is 0 Å². The standard InChI is InChI=1S/C10H10N4O4/c1-17-9(15)6-14-5-7(4-11-14)13-10(16)8-2-3-12-18-8/h2-5H,6H2,1H3,(H,13,16). The van der Waals surface area contributed by atoms with Gasteiger partial charge in [-0.3, -0.25) is 14.3 Å². The molecule has 0 bridgehead atoms. The van der Waals surface area contributed by atoms with Gasteiger partial charge in [0.05, 0.1) is 25.2 Å². The van der Waals surface area contributed by atoms with Gasteiger partial charge in [-0.15, -0.1) is 0 Å². The summed E-state index contributed by atoms with van der Waals surface area (Å²) in [5.74, 6) is -0.771. The molecular formula is C10H10N4O4. The van der Waals surface area contributed by atoms with Crippen molar-refractivity contribution in [2.45, 2.75) is 6.54 Å². The SMILES string of the molecule is COC(=O)Cn1cc(NC(=O)c2ccno2)cn1. The van der Waals surface area contributed by atoms with Crippen LogP contribution in [0.25, 0.3) is 0 Å². The first kappa shape index (κ1) is 11.8. The van der Waals surface area contributed by atoms with Crippen LogP contribution in [0.4, 0.5) is 5.69 Å². The molecule has 0 saturated heterocycles. The second kappa shape index (κ2) is 5.13. The number of amides is 1.